The van der Waals surface area contributed by atoms with Gasteiger partial charge in [0.2, 0.25) is 0 Å². The van der Waals surface area contributed by atoms with E-state index < -0.39 is 80.2 Å². The zero-order valence-corrected chi connectivity index (χ0v) is 28.3. The van der Waals surface area contributed by atoms with E-state index in [1.54, 1.807) is 6.08 Å². The Labute approximate surface area is 285 Å². The molecule has 8 N–H and O–H groups in total. The summed E-state index contributed by atoms with van der Waals surface area (Å²) in [4.78, 5) is 11.9. The lowest BCUT2D eigenvalue weighted by atomic mass is 9.43. The van der Waals surface area contributed by atoms with Crippen LogP contribution in [0.2, 0.25) is 0 Å². The van der Waals surface area contributed by atoms with Gasteiger partial charge in [0.1, 0.15) is 55.4 Å². The van der Waals surface area contributed by atoms with Gasteiger partial charge in [-0.1, -0.05) is 13.8 Å². The summed E-state index contributed by atoms with van der Waals surface area (Å²) in [5.74, 6) is 0.596. The minimum Gasteiger partial charge on any atom is -0.458 e. The van der Waals surface area contributed by atoms with Crippen LogP contribution in [-0.4, -0.2) is 140 Å². The highest BCUT2D eigenvalue weighted by Gasteiger charge is 2.68. The molecule has 0 amide bonds. The summed E-state index contributed by atoms with van der Waals surface area (Å²) in [7, 11) is 0. The molecule has 14 nitrogen and oxygen atoms in total. The van der Waals surface area contributed by atoms with E-state index in [-0.39, 0.29) is 34.7 Å². The zero-order chi connectivity index (χ0) is 35.0. The molecule has 14 heteroatoms. The molecule has 3 heterocycles. The monoisotopic (exact) mass is 698 g/mol. The molecule has 0 aromatic carbocycles. The summed E-state index contributed by atoms with van der Waals surface area (Å²) in [5.41, 5.74) is -0.165. The van der Waals surface area contributed by atoms with Crippen LogP contribution in [0.25, 0.3) is 0 Å². The first-order valence-electron chi connectivity index (χ1n) is 18.1. The summed E-state index contributed by atoms with van der Waals surface area (Å²) >= 11 is 0. The number of carbonyl (C=O) groups excluding carboxylic acids is 1. The molecule has 2 saturated heterocycles. The molecule has 11 unspecified atom stereocenters. The average molecular weight is 699 g/mol. The van der Waals surface area contributed by atoms with E-state index in [0.29, 0.717) is 37.7 Å². The van der Waals surface area contributed by atoms with Crippen molar-refractivity contribution in [3.8, 4) is 0 Å². The van der Waals surface area contributed by atoms with Crippen LogP contribution < -0.4 is 0 Å². The van der Waals surface area contributed by atoms with Gasteiger partial charge in [0.25, 0.3) is 0 Å². The molecule has 6 fully saturated rings. The number of hydrogen-bond donors (Lipinski definition) is 8. The van der Waals surface area contributed by atoms with Crippen molar-refractivity contribution in [2.24, 2.45) is 34.5 Å². The molecule has 4 saturated carbocycles. The Kier molecular flexibility index (Phi) is 9.80. The third kappa shape index (κ3) is 5.73. The second-order valence-corrected chi connectivity index (χ2v) is 16.3. The molecule has 0 bridgehead atoms. The van der Waals surface area contributed by atoms with Gasteiger partial charge in [0.05, 0.1) is 24.9 Å². The first-order valence-corrected chi connectivity index (χ1v) is 18.1. The van der Waals surface area contributed by atoms with Crippen LogP contribution in [0.1, 0.15) is 71.6 Å². The van der Waals surface area contributed by atoms with Gasteiger partial charge < -0.3 is 64.5 Å². The van der Waals surface area contributed by atoms with Gasteiger partial charge in [-0.25, -0.2) is 4.79 Å². The lowest BCUT2D eigenvalue weighted by Crippen LogP contribution is -2.65. The van der Waals surface area contributed by atoms with E-state index >= 15 is 0 Å². The minimum atomic E-state index is -1.74. The summed E-state index contributed by atoms with van der Waals surface area (Å²) in [6, 6.07) is 0. The fraction of sp³-hybridized carbons (Fsp3) is 0.914. The van der Waals surface area contributed by atoms with Crippen molar-refractivity contribution in [2.45, 2.75) is 145 Å². The molecule has 0 aromatic rings. The Morgan fingerprint density at radius 1 is 0.776 bits per heavy atom. The van der Waals surface area contributed by atoms with Crippen molar-refractivity contribution >= 4 is 5.97 Å². The van der Waals surface area contributed by atoms with Crippen LogP contribution in [0.15, 0.2) is 11.6 Å². The van der Waals surface area contributed by atoms with Gasteiger partial charge in [-0.05, 0) is 92.4 Å². The van der Waals surface area contributed by atoms with E-state index in [9.17, 15) is 45.6 Å². The van der Waals surface area contributed by atoms with Crippen LogP contribution in [0.3, 0.4) is 0 Å². The van der Waals surface area contributed by atoms with Gasteiger partial charge in [-0.2, -0.15) is 0 Å². The Hall–Kier alpha value is -1.27. The minimum absolute atomic E-state index is 0.0351. The molecule has 18 atom stereocenters. The summed E-state index contributed by atoms with van der Waals surface area (Å²) in [6.45, 7) is 3.61. The highest BCUT2D eigenvalue weighted by Crippen LogP contribution is 2.70. The number of esters is 1. The molecule has 0 aromatic heterocycles. The number of ether oxygens (including phenoxy) is 5. The SMILES string of the molecule is C[C@]12CC[C@H](OC3OC(CO)C(O)C(O)C3OC3OC(CO)C(O)C(O)C3O)C[C@@H]1CC[C@@H]1C2CC[C@]2(C)[C@@H](C3=CC(=O)OC3)CC[C@]12O. The van der Waals surface area contributed by atoms with E-state index in [1.807, 2.05) is 0 Å². The van der Waals surface area contributed by atoms with Crippen LogP contribution >= 0.6 is 0 Å². The number of aliphatic hydroxyl groups is 8. The maximum Gasteiger partial charge on any atom is 0.331 e. The van der Waals surface area contributed by atoms with Crippen molar-refractivity contribution in [1.29, 1.82) is 0 Å². The van der Waals surface area contributed by atoms with Crippen molar-refractivity contribution < 1.29 is 69.3 Å². The van der Waals surface area contributed by atoms with Gasteiger partial charge in [0.15, 0.2) is 12.6 Å². The molecular formula is C35H54O14. The fourth-order valence-electron chi connectivity index (χ4n) is 11.3. The third-order valence-corrected chi connectivity index (χ3v) is 14.2. The predicted molar refractivity (Wildman–Crippen MR) is 167 cm³/mol. The quantitative estimate of drug-likeness (QED) is 0.121. The van der Waals surface area contributed by atoms with Gasteiger partial charge in [0, 0.05) is 11.5 Å². The maximum atomic E-state index is 12.5. The predicted octanol–water partition coefficient (Wildman–Crippen LogP) is -0.747. The lowest BCUT2D eigenvalue weighted by molar-refractivity contribution is -0.373. The summed E-state index contributed by atoms with van der Waals surface area (Å²) in [5, 5.41) is 84.8. The van der Waals surface area contributed by atoms with Crippen molar-refractivity contribution in [1.82, 2.24) is 0 Å². The summed E-state index contributed by atoms with van der Waals surface area (Å²) in [6.07, 6.45) is -6.20. The fourth-order valence-corrected chi connectivity index (χ4v) is 11.3. The molecule has 0 spiro atoms. The first-order chi connectivity index (χ1) is 23.3. The van der Waals surface area contributed by atoms with Crippen LogP contribution in [0.5, 0.6) is 0 Å². The Balaban J connectivity index is 1.05. The number of carbonyl (C=O) groups is 1. The van der Waals surface area contributed by atoms with Crippen molar-refractivity contribution in [2.75, 3.05) is 19.8 Å². The Bertz CT molecular complexity index is 1260. The number of fused-ring (bicyclic) bond motifs is 5. The van der Waals surface area contributed by atoms with E-state index in [2.05, 4.69) is 13.8 Å². The number of hydrogen-bond acceptors (Lipinski definition) is 14. The van der Waals surface area contributed by atoms with Crippen LogP contribution in [0, 0.1) is 34.5 Å². The number of rotatable bonds is 7. The number of aliphatic hydroxyl groups excluding tert-OH is 7. The normalized spacial score (nSPS) is 54.4. The topological polar surface area (TPSA) is 225 Å². The largest absolute Gasteiger partial charge is 0.458 e. The van der Waals surface area contributed by atoms with Gasteiger partial charge in [-0.15, -0.1) is 0 Å². The van der Waals surface area contributed by atoms with Crippen molar-refractivity contribution in [3.63, 3.8) is 0 Å². The Morgan fingerprint density at radius 3 is 2.14 bits per heavy atom. The van der Waals surface area contributed by atoms with Crippen LogP contribution in [-0.2, 0) is 28.5 Å². The number of cyclic esters (lactones) is 1. The van der Waals surface area contributed by atoms with E-state index in [1.165, 1.54) is 0 Å². The van der Waals surface area contributed by atoms with Gasteiger partial charge in [-0.3, -0.25) is 0 Å². The van der Waals surface area contributed by atoms with Crippen molar-refractivity contribution in [3.05, 3.63) is 11.6 Å². The second kappa shape index (κ2) is 13.3. The molecule has 278 valence electrons. The lowest BCUT2D eigenvalue weighted by Gasteiger charge is -2.64. The molecule has 0 radical (unpaired) electrons. The zero-order valence-electron chi connectivity index (χ0n) is 28.3. The first kappa shape index (κ1) is 36.1. The van der Waals surface area contributed by atoms with E-state index in [0.717, 1.165) is 44.1 Å². The molecule has 4 aliphatic carbocycles. The molecule has 3 aliphatic heterocycles. The smallest absolute Gasteiger partial charge is 0.331 e. The summed E-state index contributed by atoms with van der Waals surface area (Å²) < 4.78 is 29.0. The Morgan fingerprint density at radius 2 is 1.47 bits per heavy atom. The van der Waals surface area contributed by atoms with E-state index in [4.69, 9.17) is 23.7 Å². The maximum absolute atomic E-state index is 12.5. The highest BCUT2D eigenvalue weighted by molar-refractivity contribution is 5.85. The molecule has 49 heavy (non-hydrogen) atoms. The standard InChI is InChI=1S/C35H54O14/c1-33-8-5-18(46-32-30(28(42)26(40)23(14-37)48-32)49-31-29(43)27(41)25(39)22(13-36)47-31)12-17(33)3-4-21-20(33)6-9-34(2)19(7-10-35(21,34)44)16-11-24(38)45-15-16/h11,17-23,25-32,36-37,39-44H,3-10,12-15H2,1-2H3/t17-,18-,19+,20?,21+,22?,23?,25?,26?,27?,28?,29?,30?,31?,32?,33-,34+,35-/m0/s1. The molecular weight excluding hydrogens is 644 g/mol. The third-order valence-electron chi connectivity index (χ3n) is 14.2. The molecule has 7 rings (SSSR count). The highest BCUT2D eigenvalue weighted by atomic mass is 16.8. The second-order valence-electron chi connectivity index (χ2n) is 16.3. The van der Waals surface area contributed by atoms with Gasteiger partial charge >= 0.3 is 5.97 Å². The molecule has 7 aliphatic rings. The average Bonchev–Trinajstić information content (AvgIpc) is 3.63. The van der Waals surface area contributed by atoms with Crippen LogP contribution in [0.4, 0.5) is 0 Å².